The first-order valence-corrected chi connectivity index (χ1v) is 11.7. The minimum atomic E-state index is -2.48. The van der Waals surface area contributed by atoms with Gasteiger partial charge in [-0.1, -0.05) is 0 Å². The molecule has 0 nitrogen and oxygen atoms in total. The minimum absolute atomic E-state index is 0. The van der Waals surface area contributed by atoms with Gasteiger partial charge in [-0.05, 0) is 0 Å². The van der Waals surface area contributed by atoms with Crippen LogP contribution in [0, 0.1) is 0 Å². The van der Waals surface area contributed by atoms with E-state index in [2.05, 4.69) is 104 Å². The molecule has 0 aliphatic heterocycles. The van der Waals surface area contributed by atoms with Gasteiger partial charge in [0.25, 0.3) is 0 Å². The number of hydrogen-bond acceptors (Lipinski definition) is 0. The maximum atomic E-state index is 4.07. The van der Waals surface area contributed by atoms with E-state index in [-0.39, 0.29) is 17.0 Å². The van der Waals surface area contributed by atoms with Crippen LogP contribution in [-0.4, -0.2) is 13.6 Å². The molecule has 0 bridgehead atoms. The molecule has 2 heteroatoms. The molecule has 116 valence electrons. The predicted molar refractivity (Wildman–Crippen MR) is 99.0 cm³/mol. The third-order valence-corrected chi connectivity index (χ3v) is 13.1. The largest absolute Gasteiger partial charge is 1.00 e. The summed E-state index contributed by atoms with van der Waals surface area (Å²) in [5.74, 6) is 0. The van der Waals surface area contributed by atoms with E-state index in [0.29, 0.717) is 0 Å². The van der Waals surface area contributed by atoms with Gasteiger partial charge in [0.15, 0.2) is 0 Å². The Bertz CT molecular complexity index is 627. The van der Waals surface area contributed by atoms with Crippen molar-refractivity contribution in [2.45, 2.75) is 5.21 Å². The van der Waals surface area contributed by atoms with Gasteiger partial charge in [0.1, 0.15) is 0 Å². The molecule has 23 heavy (non-hydrogen) atoms. The van der Waals surface area contributed by atoms with Gasteiger partial charge in [-0.15, -0.1) is 0 Å². The number of hydrogen-bond donors (Lipinski definition) is 0. The molecule has 0 atom stereocenters. The maximum absolute atomic E-state index is 4.07. The van der Waals surface area contributed by atoms with E-state index < -0.39 is 13.6 Å². The molecule has 0 amide bonds. The molecular formula is C21H20AsBr. The third kappa shape index (κ3) is 3.52. The Morgan fingerprint density at radius 2 is 0.913 bits per heavy atom. The fourth-order valence-corrected chi connectivity index (χ4v) is 11.3. The van der Waals surface area contributed by atoms with Crippen LogP contribution in [0.2, 0.25) is 5.21 Å². The summed E-state index contributed by atoms with van der Waals surface area (Å²) < 4.78 is 4.41. The summed E-state index contributed by atoms with van der Waals surface area (Å²) in [4.78, 5) is 0. The zero-order valence-electron chi connectivity index (χ0n) is 13.0. The summed E-state index contributed by atoms with van der Waals surface area (Å²) >= 11 is -2.48. The molecule has 3 aromatic carbocycles. The first-order chi connectivity index (χ1) is 10.9. The van der Waals surface area contributed by atoms with Gasteiger partial charge < -0.3 is 17.0 Å². The molecule has 0 N–H and O–H groups in total. The van der Waals surface area contributed by atoms with Crippen molar-refractivity contribution in [3.05, 3.63) is 104 Å². The fourth-order valence-electron chi connectivity index (χ4n) is 3.00. The zero-order chi connectivity index (χ0) is 15.3. The molecule has 3 rings (SSSR count). The molecule has 0 saturated heterocycles. The number of benzene rings is 3. The first kappa shape index (κ1) is 17.8. The van der Waals surface area contributed by atoms with E-state index in [4.69, 9.17) is 0 Å². The van der Waals surface area contributed by atoms with E-state index >= 15 is 0 Å². The van der Waals surface area contributed by atoms with Crippen LogP contribution in [-0.2, 0) is 0 Å². The van der Waals surface area contributed by atoms with Crippen LogP contribution in [0.5, 0.6) is 0 Å². The van der Waals surface area contributed by atoms with Crippen LogP contribution < -0.4 is 30.0 Å². The van der Waals surface area contributed by atoms with E-state index in [0.717, 1.165) is 5.21 Å². The van der Waals surface area contributed by atoms with E-state index in [9.17, 15) is 0 Å². The molecule has 0 saturated carbocycles. The summed E-state index contributed by atoms with van der Waals surface area (Å²) in [6.07, 6.45) is 2.10. The fraction of sp³-hybridized carbons (Fsp3) is 0.0476. The zero-order valence-corrected chi connectivity index (χ0v) is 16.4. The summed E-state index contributed by atoms with van der Waals surface area (Å²) in [5.41, 5.74) is 0. The average Bonchev–Trinajstić information content (AvgIpc) is 2.62. The smallest absolute Gasteiger partial charge is 1.00 e. The Kier molecular flexibility index (Phi) is 6.45. The van der Waals surface area contributed by atoms with Crippen LogP contribution >= 0.6 is 0 Å². The molecule has 0 aromatic heterocycles. The second kappa shape index (κ2) is 8.34. The van der Waals surface area contributed by atoms with E-state index in [1.807, 2.05) is 0 Å². The molecule has 0 fully saturated rings. The number of allylic oxidation sites excluding steroid dienone is 1. The van der Waals surface area contributed by atoms with Gasteiger partial charge in [-0.25, -0.2) is 0 Å². The van der Waals surface area contributed by atoms with Gasteiger partial charge in [0, 0.05) is 0 Å². The van der Waals surface area contributed by atoms with Crippen molar-refractivity contribution < 1.29 is 17.0 Å². The summed E-state index contributed by atoms with van der Waals surface area (Å²) in [5, 5.41) is 1.04. The monoisotopic (exact) mass is 426 g/mol. The van der Waals surface area contributed by atoms with Crippen molar-refractivity contribution >= 4 is 26.6 Å². The van der Waals surface area contributed by atoms with Crippen molar-refractivity contribution in [3.8, 4) is 0 Å². The van der Waals surface area contributed by atoms with Gasteiger partial charge in [-0.3, -0.25) is 0 Å². The first-order valence-electron chi connectivity index (χ1n) is 7.54. The van der Waals surface area contributed by atoms with Gasteiger partial charge in [-0.2, -0.15) is 0 Å². The van der Waals surface area contributed by atoms with Crippen LogP contribution in [0.3, 0.4) is 0 Å². The van der Waals surface area contributed by atoms with Crippen LogP contribution in [0.25, 0.3) is 0 Å². The van der Waals surface area contributed by atoms with Gasteiger partial charge in [0.2, 0.25) is 0 Å². The summed E-state index contributed by atoms with van der Waals surface area (Å²) in [7, 11) is 0. The Hall–Kier alpha value is -1.56. The molecule has 0 aliphatic rings. The maximum Gasteiger partial charge on any atom is -1.00 e. The Morgan fingerprint density at radius 1 is 0.609 bits per heavy atom. The second-order valence-electron chi connectivity index (χ2n) is 5.29. The predicted octanol–water partition coefficient (Wildman–Crippen LogP) is 0.347. The average molecular weight is 427 g/mol. The second-order valence-corrected chi connectivity index (χ2v) is 12.7. The van der Waals surface area contributed by atoms with Crippen molar-refractivity contribution in [1.29, 1.82) is 0 Å². The molecule has 0 aliphatic carbocycles. The van der Waals surface area contributed by atoms with Crippen LogP contribution in [0.15, 0.2) is 104 Å². The minimum Gasteiger partial charge on any atom is -1.00 e. The topological polar surface area (TPSA) is 0 Å². The van der Waals surface area contributed by atoms with Crippen LogP contribution in [0.4, 0.5) is 0 Å². The van der Waals surface area contributed by atoms with Crippen molar-refractivity contribution in [3.63, 3.8) is 0 Å². The number of halogens is 1. The van der Waals surface area contributed by atoms with Gasteiger partial charge >= 0.3 is 135 Å². The summed E-state index contributed by atoms with van der Waals surface area (Å²) in [6, 6.07) is 32.9. The molecule has 0 heterocycles. The molecule has 3 aromatic rings. The molecule has 0 radical (unpaired) electrons. The van der Waals surface area contributed by atoms with Crippen molar-refractivity contribution in [2.24, 2.45) is 0 Å². The Balaban J connectivity index is 0.00000192. The van der Waals surface area contributed by atoms with Crippen molar-refractivity contribution in [1.82, 2.24) is 0 Å². The quantitative estimate of drug-likeness (QED) is 0.408. The van der Waals surface area contributed by atoms with Crippen LogP contribution in [0.1, 0.15) is 0 Å². The van der Waals surface area contributed by atoms with E-state index in [1.54, 1.807) is 0 Å². The normalized spacial score (nSPS) is 10.6. The van der Waals surface area contributed by atoms with E-state index in [1.165, 1.54) is 13.1 Å². The molecule has 0 spiro atoms. The molecular weight excluding hydrogens is 407 g/mol. The SMILES string of the molecule is C=CC[As+](c1ccccc1)(c1ccccc1)c1ccccc1.[Br-]. The third-order valence-electron chi connectivity index (χ3n) is 3.99. The standard InChI is InChI=1S/C21H20As.BrH/c1-2-18-22(19-12-6-3-7-13-19,20-14-8-4-9-15-20)21-16-10-5-11-17-21;/h2-17H,1,18H2;1H/q+1;/p-1. The molecule has 0 unspecified atom stereocenters. The summed E-state index contributed by atoms with van der Waals surface area (Å²) in [6.45, 7) is 4.07. The van der Waals surface area contributed by atoms with Crippen molar-refractivity contribution in [2.75, 3.05) is 0 Å². The van der Waals surface area contributed by atoms with Gasteiger partial charge in [0.05, 0.1) is 0 Å². The Morgan fingerprint density at radius 3 is 1.17 bits per heavy atom. The number of rotatable bonds is 5. The Labute approximate surface area is 152 Å².